The lowest BCUT2D eigenvalue weighted by molar-refractivity contribution is -0.123. The van der Waals surface area contributed by atoms with Gasteiger partial charge in [-0.05, 0) is 18.6 Å². The van der Waals surface area contributed by atoms with E-state index >= 15 is 0 Å². The molecular weight excluding hydrogens is 260 g/mol. The van der Waals surface area contributed by atoms with Gasteiger partial charge in [0.15, 0.2) is 6.61 Å². The molecule has 1 aromatic rings. The highest BCUT2D eigenvalue weighted by atomic mass is 16.6. The van der Waals surface area contributed by atoms with Crippen LogP contribution in [-0.2, 0) is 9.53 Å². The Morgan fingerprint density at radius 1 is 1.35 bits per heavy atom. The first-order valence-electron chi connectivity index (χ1n) is 6.62. The molecule has 2 amide bonds. The van der Waals surface area contributed by atoms with Crippen molar-refractivity contribution < 1.29 is 19.1 Å². The summed E-state index contributed by atoms with van der Waals surface area (Å²) in [5.41, 5.74) is 0. The molecular formula is C14H18N2O4. The van der Waals surface area contributed by atoms with Crippen molar-refractivity contribution in [1.82, 2.24) is 10.2 Å². The molecule has 0 radical (unpaired) electrons. The summed E-state index contributed by atoms with van der Waals surface area (Å²) in [6, 6.07) is 9.18. The van der Waals surface area contributed by atoms with E-state index in [2.05, 4.69) is 5.32 Å². The summed E-state index contributed by atoms with van der Waals surface area (Å²) in [5.74, 6) is 0.500. The second-order valence-electron chi connectivity index (χ2n) is 4.41. The standard InChI is InChI=1S/C14H18N2O4/c17-13(11-20-12-5-2-1-3-6-12)15-7-4-8-16-9-10-19-14(16)18/h1-3,5-6H,4,7-11H2,(H,15,17). The highest BCUT2D eigenvalue weighted by molar-refractivity contribution is 5.77. The van der Waals surface area contributed by atoms with Crippen LogP contribution in [0.5, 0.6) is 5.75 Å². The molecule has 0 unspecified atom stereocenters. The van der Waals surface area contributed by atoms with Crippen molar-refractivity contribution in [3.05, 3.63) is 30.3 Å². The second kappa shape index (κ2) is 7.37. The highest BCUT2D eigenvalue weighted by Crippen LogP contribution is 2.07. The van der Waals surface area contributed by atoms with Gasteiger partial charge in [-0.1, -0.05) is 18.2 Å². The van der Waals surface area contributed by atoms with E-state index in [9.17, 15) is 9.59 Å². The number of nitrogens with one attached hydrogen (secondary N) is 1. The predicted molar refractivity (Wildman–Crippen MR) is 72.5 cm³/mol. The summed E-state index contributed by atoms with van der Waals surface area (Å²) in [5, 5.41) is 2.75. The number of cyclic esters (lactones) is 1. The van der Waals surface area contributed by atoms with Gasteiger partial charge in [0.1, 0.15) is 12.4 Å². The van der Waals surface area contributed by atoms with E-state index in [4.69, 9.17) is 9.47 Å². The fourth-order valence-electron chi connectivity index (χ4n) is 1.84. The smallest absolute Gasteiger partial charge is 0.409 e. The molecule has 1 saturated heterocycles. The number of carbonyl (C=O) groups is 2. The van der Waals surface area contributed by atoms with Crippen LogP contribution in [-0.4, -0.2) is 49.7 Å². The largest absolute Gasteiger partial charge is 0.484 e. The monoisotopic (exact) mass is 278 g/mol. The Bertz CT molecular complexity index is 450. The zero-order chi connectivity index (χ0) is 14.2. The fraction of sp³-hybridized carbons (Fsp3) is 0.429. The van der Waals surface area contributed by atoms with Crippen molar-refractivity contribution in [1.29, 1.82) is 0 Å². The number of rotatable bonds is 7. The van der Waals surface area contributed by atoms with Gasteiger partial charge in [0, 0.05) is 13.1 Å². The maximum atomic E-state index is 11.5. The number of ether oxygens (including phenoxy) is 2. The van der Waals surface area contributed by atoms with Crippen molar-refractivity contribution in [3.63, 3.8) is 0 Å². The summed E-state index contributed by atoms with van der Waals surface area (Å²) < 4.78 is 10.1. The predicted octanol–water partition coefficient (Wildman–Crippen LogP) is 1.02. The number of hydrogen-bond acceptors (Lipinski definition) is 4. The topological polar surface area (TPSA) is 67.9 Å². The van der Waals surface area contributed by atoms with Crippen LogP contribution in [0.3, 0.4) is 0 Å². The van der Waals surface area contributed by atoms with Crippen LogP contribution in [0.25, 0.3) is 0 Å². The first-order chi connectivity index (χ1) is 9.75. The Morgan fingerprint density at radius 2 is 2.15 bits per heavy atom. The van der Waals surface area contributed by atoms with E-state index in [1.165, 1.54) is 0 Å². The number of nitrogens with zero attached hydrogens (tertiary/aromatic N) is 1. The fourth-order valence-corrected chi connectivity index (χ4v) is 1.84. The molecule has 2 rings (SSSR count). The highest BCUT2D eigenvalue weighted by Gasteiger charge is 2.20. The molecule has 1 N–H and O–H groups in total. The maximum absolute atomic E-state index is 11.5. The lowest BCUT2D eigenvalue weighted by Gasteiger charge is -2.12. The van der Waals surface area contributed by atoms with Crippen molar-refractivity contribution in [2.45, 2.75) is 6.42 Å². The summed E-state index contributed by atoms with van der Waals surface area (Å²) in [6.07, 6.45) is 0.426. The zero-order valence-electron chi connectivity index (χ0n) is 11.2. The Hall–Kier alpha value is -2.24. The number of amides is 2. The molecule has 0 aliphatic carbocycles. The first kappa shape index (κ1) is 14.2. The van der Waals surface area contributed by atoms with E-state index in [0.29, 0.717) is 38.4 Å². The SMILES string of the molecule is O=C(COc1ccccc1)NCCCN1CCOC1=O. The number of carbonyl (C=O) groups excluding carboxylic acids is 2. The molecule has 0 bridgehead atoms. The number of benzene rings is 1. The van der Waals surface area contributed by atoms with Crippen LogP contribution in [0.2, 0.25) is 0 Å². The van der Waals surface area contributed by atoms with Gasteiger partial charge in [-0.2, -0.15) is 0 Å². The molecule has 1 fully saturated rings. The van der Waals surface area contributed by atoms with Crippen LogP contribution in [0.15, 0.2) is 30.3 Å². The van der Waals surface area contributed by atoms with Gasteiger partial charge in [0.2, 0.25) is 0 Å². The number of hydrogen-bond donors (Lipinski definition) is 1. The summed E-state index contributed by atoms with van der Waals surface area (Å²) in [6.45, 7) is 2.19. The summed E-state index contributed by atoms with van der Waals surface area (Å²) in [4.78, 5) is 24.3. The minimum Gasteiger partial charge on any atom is -0.484 e. The first-order valence-corrected chi connectivity index (χ1v) is 6.62. The molecule has 0 saturated carbocycles. The molecule has 1 aromatic carbocycles. The molecule has 0 aromatic heterocycles. The molecule has 1 heterocycles. The molecule has 20 heavy (non-hydrogen) atoms. The molecule has 6 nitrogen and oxygen atoms in total. The molecule has 6 heteroatoms. The van der Waals surface area contributed by atoms with E-state index < -0.39 is 0 Å². The molecule has 0 atom stereocenters. The normalized spacial score (nSPS) is 14.0. The van der Waals surface area contributed by atoms with Crippen molar-refractivity contribution in [2.24, 2.45) is 0 Å². The van der Waals surface area contributed by atoms with Crippen molar-refractivity contribution in [2.75, 3.05) is 32.8 Å². The summed E-state index contributed by atoms with van der Waals surface area (Å²) in [7, 11) is 0. The van der Waals surface area contributed by atoms with Gasteiger partial charge in [-0.3, -0.25) is 4.79 Å². The minimum absolute atomic E-state index is 0.00420. The van der Waals surface area contributed by atoms with E-state index in [1.807, 2.05) is 18.2 Å². The molecule has 1 aliphatic rings. The lowest BCUT2D eigenvalue weighted by Crippen LogP contribution is -2.32. The van der Waals surface area contributed by atoms with E-state index in [0.717, 1.165) is 0 Å². The number of para-hydroxylation sites is 1. The van der Waals surface area contributed by atoms with Gasteiger partial charge < -0.3 is 19.7 Å². The molecule has 0 spiro atoms. The Kier molecular flexibility index (Phi) is 5.23. The van der Waals surface area contributed by atoms with Crippen LogP contribution in [0.1, 0.15) is 6.42 Å². The van der Waals surface area contributed by atoms with Gasteiger partial charge >= 0.3 is 6.09 Å². The average Bonchev–Trinajstić information content (AvgIpc) is 2.88. The molecule has 108 valence electrons. The van der Waals surface area contributed by atoms with E-state index in [1.54, 1.807) is 17.0 Å². The van der Waals surface area contributed by atoms with Crippen LogP contribution in [0, 0.1) is 0 Å². The van der Waals surface area contributed by atoms with Gasteiger partial charge in [-0.15, -0.1) is 0 Å². The Labute approximate surface area is 117 Å². The third kappa shape index (κ3) is 4.46. The van der Waals surface area contributed by atoms with Gasteiger partial charge in [0.25, 0.3) is 5.91 Å². The quantitative estimate of drug-likeness (QED) is 0.756. The van der Waals surface area contributed by atoms with Crippen molar-refractivity contribution >= 4 is 12.0 Å². The van der Waals surface area contributed by atoms with Crippen LogP contribution < -0.4 is 10.1 Å². The van der Waals surface area contributed by atoms with E-state index in [-0.39, 0.29) is 18.6 Å². The van der Waals surface area contributed by atoms with Crippen LogP contribution >= 0.6 is 0 Å². The Morgan fingerprint density at radius 3 is 2.85 bits per heavy atom. The zero-order valence-corrected chi connectivity index (χ0v) is 11.2. The summed E-state index contributed by atoms with van der Waals surface area (Å²) >= 11 is 0. The third-order valence-electron chi connectivity index (χ3n) is 2.89. The Balaban J connectivity index is 1.55. The molecule has 1 aliphatic heterocycles. The second-order valence-corrected chi connectivity index (χ2v) is 4.41. The minimum atomic E-state index is -0.274. The van der Waals surface area contributed by atoms with Crippen LogP contribution in [0.4, 0.5) is 4.79 Å². The maximum Gasteiger partial charge on any atom is 0.409 e. The van der Waals surface area contributed by atoms with Crippen molar-refractivity contribution in [3.8, 4) is 5.75 Å². The average molecular weight is 278 g/mol. The third-order valence-corrected chi connectivity index (χ3v) is 2.89. The van der Waals surface area contributed by atoms with Gasteiger partial charge in [-0.25, -0.2) is 4.79 Å². The van der Waals surface area contributed by atoms with Gasteiger partial charge in [0.05, 0.1) is 6.54 Å². The lowest BCUT2D eigenvalue weighted by atomic mass is 10.3.